The maximum Gasteiger partial charge on any atom is 0.203 e. The number of ether oxygens (including phenoxy) is 1. The Hall–Kier alpha value is -1.61. The summed E-state index contributed by atoms with van der Waals surface area (Å²) in [6, 6.07) is 9.20. The molecule has 0 saturated heterocycles. The van der Waals surface area contributed by atoms with Gasteiger partial charge < -0.3 is 4.74 Å². The van der Waals surface area contributed by atoms with Gasteiger partial charge in [0.15, 0.2) is 0 Å². The number of carbonyl (C=O) groups excluding carboxylic acids is 1. The molecule has 2 rings (SSSR count). The second-order valence-corrected chi connectivity index (χ2v) is 5.17. The molecule has 88 valence electrons. The molecule has 0 fully saturated rings. The first-order chi connectivity index (χ1) is 8.11. The molecular weight excluding hydrogens is 232 g/mol. The van der Waals surface area contributed by atoms with Crippen LogP contribution in [0.5, 0.6) is 5.75 Å². The zero-order valence-electron chi connectivity index (χ0n) is 10.1. The Bertz CT molecular complexity index is 536. The third-order valence-corrected chi connectivity index (χ3v) is 3.87. The molecule has 0 aliphatic rings. The number of benzene rings is 1. The van der Waals surface area contributed by atoms with Crippen LogP contribution in [0.3, 0.4) is 0 Å². The highest BCUT2D eigenvalue weighted by atomic mass is 32.1. The number of carbonyl (C=O) groups is 1. The highest BCUT2D eigenvalue weighted by Gasteiger charge is 2.13. The van der Waals surface area contributed by atoms with E-state index in [0.717, 1.165) is 4.88 Å². The van der Waals surface area contributed by atoms with Crippen molar-refractivity contribution in [1.82, 2.24) is 0 Å². The Morgan fingerprint density at radius 3 is 2.59 bits per heavy atom. The molecule has 0 spiro atoms. The number of hydrogen-bond acceptors (Lipinski definition) is 3. The van der Waals surface area contributed by atoms with Crippen LogP contribution in [-0.2, 0) is 0 Å². The second kappa shape index (κ2) is 4.72. The molecule has 0 bridgehead atoms. The average molecular weight is 246 g/mol. The number of thiophene rings is 1. The predicted octanol–water partition coefficient (Wildman–Crippen LogP) is 3.60. The fourth-order valence-electron chi connectivity index (χ4n) is 1.59. The van der Waals surface area contributed by atoms with Crippen molar-refractivity contribution in [2.24, 2.45) is 0 Å². The summed E-state index contributed by atoms with van der Waals surface area (Å²) >= 11 is 1.54. The normalized spacial score (nSPS) is 10.3. The lowest BCUT2D eigenvalue weighted by Gasteiger charge is -2.02. The van der Waals surface area contributed by atoms with Gasteiger partial charge in [-0.05, 0) is 37.6 Å². The number of rotatable bonds is 3. The monoisotopic (exact) mass is 246 g/mol. The van der Waals surface area contributed by atoms with E-state index in [1.165, 1.54) is 10.4 Å². The minimum atomic E-state index is 0.0603. The lowest BCUT2D eigenvalue weighted by molar-refractivity contribution is 0.104. The zero-order valence-corrected chi connectivity index (χ0v) is 10.9. The average Bonchev–Trinajstić information content (AvgIpc) is 2.69. The van der Waals surface area contributed by atoms with Crippen molar-refractivity contribution in [1.29, 1.82) is 0 Å². The molecule has 0 aliphatic heterocycles. The number of hydrogen-bond donors (Lipinski definition) is 0. The molecular formula is C14H14O2S. The van der Waals surface area contributed by atoms with Crippen LogP contribution < -0.4 is 4.74 Å². The van der Waals surface area contributed by atoms with Crippen molar-refractivity contribution in [3.8, 4) is 5.75 Å². The van der Waals surface area contributed by atoms with Crippen LogP contribution in [0.25, 0.3) is 0 Å². The first-order valence-electron chi connectivity index (χ1n) is 5.37. The summed E-state index contributed by atoms with van der Waals surface area (Å²) in [6.45, 7) is 4.05. The van der Waals surface area contributed by atoms with Gasteiger partial charge in [-0.2, -0.15) is 0 Å². The summed E-state index contributed by atoms with van der Waals surface area (Å²) < 4.78 is 5.12. The fourth-order valence-corrected chi connectivity index (χ4v) is 2.59. The van der Waals surface area contributed by atoms with E-state index in [1.807, 2.05) is 38.1 Å². The Labute approximate surface area is 105 Å². The highest BCUT2D eigenvalue weighted by molar-refractivity contribution is 7.14. The molecule has 1 aromatic heterocycles. The van der Waals surface area contributed by atoms with Gasteiger partial charge in [0.05, 0.1) is 12.0 Å². The maximum absolute atomic E-state index is 12.2. The van der Waals surface area contributed by atoms with E-state index in [-0.39, 0.29) is 5.78 Å². The number of methoxy groups -OCH3 is 1. The topological polar surface area (TPSA) is 26.3 Å². The van der Waals surface area contributed by atoms with Gasteiger partial charge in [-0.1, -0.05) is 12.1 Å². The smallest absolute Gasteiger partial charge is 0.203 e. The molecule has 0 unspecified atom stereocenters. The molecule has 0 atom stereocenters. The van der Waals surface area contributed by atoms with Crippen LogP contribution in [-0.4, -0.2) is 12.9 Å². The molecule has 1 heterocycles. The van der Waals surface area contributed by atoms with Gasteiger partial charge in [-0.25, -0.2) is 0 Å². The summed E-state index contributed by atoms with van der Waals surface area (Å²) in [5, 5.41) is 0. The summed E-state index contributed by atoms with van der Waals surface area (Å²) in [7, 11) is 1.60. The van der Waals surface area contributed by atoms with Gasteiger partial charge in [0.25, 0.3) is 0 Å². The van der Waals surface area contributed by atoms with E-state index in [1.54, 1.807) is 24.5 Å². The summed E-state index contributed by atoms with van der Waals surface area (Å²) in [5.74, 6) is 0.769. The van der Waals surface area contributed by atoms with Gasteiger partial charge in [-0.3, -0.25) is 4.79 Å². The van der Waals surface area contributed by atoms with Crippen molar-refractivity contribution in [2.45, 2.75) is 13.8 Å². The van der Waals surface area contributed by atoms with Gasteiger partial charge >= 0.3 is 0 Å². The van der Waals surface area contributed by atoms with Gasteiger partial charge in [0.1, 0.15) is 5.75 Å². The minimum absolute atomic E-state index is 0.0603. The van der Waals surface area contributed by atoms with Crippen LogP contribution in [0.2, 0.25) is 0 Å². The number of aryl methyl sites for hydroxylation is 2. The molecule has 2 nitrogen and oxygen atoms in total. The zero-order chi connectivity index (χ0) is 12.4. The summed E-state index contributed by atoms with van der Waals surface area (Å²) in [6.07, 6.45) is 0. The molecule has 0 radical (unpaired) electrons. The van der Waals surface area contributed by atoms with E-state index in [0.29, 0.717) is 11.3 Å². The minimum Gasteiger partial charge on any atom is -0.497 e. The van der Waals surface area contributed by atoms with Gasteiger partial charge in [0, 0.05) is 10.4 Å². The van der Waals surface area contributed by atoms with E-state index >= 15 is 0 Å². The first-order valence-corrected chi connectivity index (χ1v) is 6.19. The van der Waals surface area contributed by atoms with Crippen molar-refractivity contribution < 1.29 is 9.53 Å². The molecule has 1 aromatic carbocycles. The van der Waals surface area contributed by atoms with E-state index < -0.39 is 0 Å². The molecule has 2 aromatic rings. The van der Waals surface area contributed by atoms with Crippen LogP contribution in [0.1, 0.15) is 25.7 Å². The van der Waals surface area contributed by atoms with Gasteiger partial charge in [-0.15, -0.1) is 11.3 Å². The van der Waals surface area contributed by atoms with Gasteiger partial charge in [0.2, 0.25) is 5.78 Å². The fraction of sp³-hybridized carbons (Fsp3) is 0.214. The Morgan fingerprint density at radius 1 is 1.24 bits per heavy atom. The number of ketones is 1. The molecule has 0 N–H and O–H groups in total. The van der Waals surface area contributed by atoms with Crippen LogP contribution >= 0.6 is 11.3 Å². The van der Waals surface area contributed by atoms with Crippen LogP contribution in [0.4, 0.5) is 0 Å². The Balaban J connectivity index is 2.36. The lowest BCUT2D eigenvalue weighted by Crippen LogP contribution is -1.98. The predicted molar refractivity (Wildman–Crippen MR) is 70.2 cm³/mol. The summed E-state index contributed by atoms with van der Waals surface area (Å²) in [5.41, 5.74) is 1.84. The quantitative estimate of drug-likeness (QED) is 0.773. The van der Waals surface area contributed by atoms with Crippen molar-refractivity contribution in [3.63, 3.8) is 0 Å². The van der Waals surface area contributed by atoms with Crippen molar-refractivity contribution in [2.75, 3.05) is 7.11 Å². The molecule has 3 heteroatoms. The van der Waals surface area contributed by atoms with Crippen molar-refractivity contribution in [3.05, 3.63) is 51.2 Å². The largest absolute Gasteiger partial charge is 0.497 e. The molecule has 0 amide bonds. The molecule has 0 aliphatic carbocycles. The molecule has 0 saturated carbocycles. The van der Waals surface area contributed by atoms with E-state index in [2.05, 4.69) is 0 Å². The maximum atomic E-state index is 12.2. The van der Waals surface area contributed by atoms with E-state index in [9.17, 15) is 4.79 Å². The van der Waals surface area contributed by atoms with E-state index in [4.69, 9.17) is 4.74 Å². The van der Waals surface area contributed by atoms with Crippen LogP contribution in [0.15, 0.2) is 30.3 Å². The lowest BCUT2D eigenvalue weighted by atomic mass is 10.1. The third-order valence-electron chi connectivity index (χ3n) is 2.72. The molecule has 17 heavy (non-hydrogen) atoms. The van der Waals surface area contributed by atoms with Crippen molar-refractivity contribution >= 4 is 17.1 Å². The summed E-state index contributed by atoms with van der Waals surface area (Å²) in [4.78, 5) is 14.2. The SMILES string of the molecule is COc1cccc(C(=O)c2cc(C)c(C)s2)c1. The first kappa shape index (κ1) is 11.9. The second-order valence-electron chi connectivity index (χ2n) is 3.91. The third kappa shape index (κ3) is 2.39. The van der Waals surface area contributed by atoms with Crippen LogP contribution in [0, 0.1) is 13.8 Å². The Kier molecular flexibility index (Phi) is 3.29. The standard InChI is InChI=1S/C14H14O2S/c1-9-7-13(17-10(9)2)14(15)11-5-4-6-12(8-11)16-3/h4-8H,1-3H3. The Morgan fingerprint density at radius 2 is 2.00 bits per heavy atom. The highest BCUT2D eigenvalue weighted by Crippen LogP contribution is 2.24.